The first-order chi connectivity index (χ1) is 29.7. The van der Waals surface area contributed by atoms with Crippen LogP contribution >= 0.6 is 0 Å². The molecule has 1 heterocycles. The van der Waals surface area contributed by atoms with Crippen molar-refractivity contribution in [1.82, 2.24) is 15.0 Å². The molecule has 60 heavy (non-hydrogen) atoms. The molecule has 2 aliphatic carbocycles. The molecule has 1 spiro atoms. The van der Waals surface area contributed by atoms with Crippen molar-refractivity contribution in [1.29, 1.82) is 0 Å². The van der Waals surface area contributed by atoms with Crippen LogP contribution in [0.4, 0.5) is 0 Å². The summed E-state index contributed by atoms with van der Waals surface area (Å²) < 4.78 is 0. The van der Waals surface area contributed by atoms with E-state index in [0.717, 1.165) is 38.9 Å². The van der Waals surface area contributed by atoms with Gasteiger partial charge < -0.3 is 0 Å². The fraction of sp³-hybridized carbons (Fsp3) is 0.105. The van der Waals surface area contributed by atoms with Gasteiger partial charge in [0.25, 0.3) is 0 Å². The summed E-state index contributed by atoms with van der Waals surface area (Å²) in [4.78, 5) is 15.0. The quantitative estimate of drug-likeness (QED) is 0.162. The maximum absolute atomic E-state index is 5.05. The number of fused-ring (bicyclic) bond motifs is 5. The van der Waals surface area contributed by atoms with Gasteiger partial charge in [-0.05, 0) is 91.7 Å². The Morgan fingerprint density at radius 3 is 1.32 bits per heavy atom. The van der Waals surface area contributed by atoms with Gasteiger partial charge in [0.1, 0.15) is 0 Å². The first-order valence-electron chi connectivity index (χ1n) is 21.2. The molecule has 0 atom stereocenters. The van der Waals surface area contributed by atoms with Crippen LogP contribution in [0.5, 0.6) is 0 Å². The summed E-state index contributed by atoms with van der Waals surface area (Å²) in [6.07, 6.45) is 6.44. The molecule has 286 valence electrons. The normalized spacial score (nSPS) is 13.8. The van der Waals surface area contributed by atoms with E-state index < -0.39 is 0 Å². The lowest BCUT2D eigenvalue weighted by Crippen LogP contribution is -2.27. The van der Waals surface area contributed by atoms with Crippen molar-refractivity contribution in [3.63, 3.8) is 0 Å². The first kappa shape index (κ1) is 35.9. The van der Waals surface area contributed by atoms with Crippen LogP contribution < -0.4 is 0 Å². The molecular weight excluding hydrogens is 727 g/mol. The van der Waals surface area contributed by atoms with Crippen LogP contribution in [-0.2, 0) is 5.41 Å². The Bertz CT molecular complexity index is 2980. The van der Waals surface area contributed by atoms with Gasteiger partial charge in [-0.3, -0.25) is 0 Å². The molecule has 0 unspecified atom stereocenters. The molecule has 9 aromatic rings. The average molecular weight is 770 g/mol. The van der Waals surface area contributed by atoms with Crippen molar-refractivity contribution in [2.75, 3.05) is 0 Å². The first-order valence-corrected chi connectivity index (χ1v) is 21.2. The van der Waals surface area contributed by atoms with Crippen LogP contribution in [-0.4, -0.2) is 15.0 Å². The maximum Gasteiger partial charge on any atom is 0.164 e. The Hall–Kier alpha value is -7.23. The van der Waals surface area contributed by atoms with E-state index in [9.17, 15) is 0 Å². The van der Waals surface area contributed by atoms with E-state index in [4.69, 9.17) is 15.0 Å². The molecule has 1 fully saturated rings. The van der Waals surface area contributed by atoms with E-state index in [1.165, 1.54) is 76.6 Å². The van der Waals surface area contributed by atoms with Gasteiger partial charge in [0, 0.05) is 22.1 Å². The molecule has 1 saturated carbocycles. The molecule has 8 aromatic carbocycles. The second-order valence-corrected chi connectivity index (χ2v) is 16.3. The Kier molecular flexibility index (Phi) is 9.08. The summed E-state index contributed by atoms with van der Waals surface area (Å²) in [7, 11) is 0. The van der Waals surface area contributed by atoms with Gasteiger partial charge in [0.2, 0.25) is 0 Å². The summed E-state index contributed by atoms with van der Waals surface area (Å²) in [5, 5.41) is 0. The second kappa shape index (κ2) is 15.2. The van der Waals surface area contributed by atoms with Crippen molar-refractivity contribution >= 4 is 0 Å². The molecule has 0 aliphatic heterocycles. The fourth-order valence-electron chi connectivity index (χ4n) is 9.79. The van der Waals surface area contributed by atoms with Crippen molar-refractivity contribution in [2.24, 2.45) is 0 Å². The molecule has 3 heteroatoms. The predicted molar refractivity (Wildman–Crippen MR) is 247 cm³/mol. The van der Waals surface area contributed by atoms with Gasteiger partial charge in [-0.15, -0.1) is 0 Å². The molecular formula is C57H43N3. The number of hydrogen-bond acceptors (Lipinski definition) is 3. The fourth-order valence-corrected chi connectivity index (χ4v) is 9.79. The topological polar surface area (TPSA) is 38.7 Å². The standard InChI is InChI=1S/C57H43N3/c1-4-15-39(16-5-1)47-21-13-22-48(38-47)56-59-54(43-17-6-2-7-18-43)58-55(60-56)44-33-29-41(30-34-44)46-20-12-19-45(37-46)40-27-31-42(32-28-40)49-24-14-26-52-53(49)50-23-8-9-25-51(50)57(52)35-10-3-11-36-57/h1-2,4-9,12-34,37-38H,3,10-11,35-36H2. The Morgan fingerprint density at radius 1 is 0.283 bits per heavy atom. The smallest absolute Gasteiger partial charge is 0.164 e. The summed E-state index contributed by atoms with van der Waals surface area (Å²) in [6, 6.07) is 71.8. The molecule has 0 amide bonds. The average Bonchev–Trinajstić information content (AvgIpc) is 3.60. The van der Waals surface area contributed by atoms with Crippen molar-refractivity contribution in [3.05, 3.63) is 211 Å². The van der Waals surface area contributed by atoms with E-state index in [1.807, 2.05) is 36.4 Å². The van der Waals surface area contributed by atoms with Crippen LogP contribution in [0.15, 0.2) is 200 Å². The van der Waals surface area contributed by atoms with Gasteiger partial charge in [0.15, 0.2) is 17.5 Å². The van der Waals surface area contributed by atoms with Crippen LogP contribution in [0.3, 0.4) is 0 Å². The Morgan fingerprint density at radius 2 is 0.683 bits per heavy atom. The number of nitrogens with zero attached hydrogens (tertiary/aromatic N) is 3. The van der Waals surface area contributed by atoms with Crippen molar-refractivity contribution in [3.8, 4) is 89.8 Å². The highest BCUT2D eigenvalue weighted by Crippen LogP contribution is 2.57. The van der Waals surface area contributed by atoms with Gasteiger partial charge >= 0.3 is 0 Å². The lowest BCUT2D eigenvalue weighted by molar-refractivity contribution is 0.353. The van der Waals surface area contributed by atoms with E-state index in [0.29, 0.717) is 17.5 Å². The maximum atomic E-state index is 5.05. The second-order valence-electron chi connectivity index (χ2n) is 16.3. The summed E-state index contributed by atoms with van der Waals surface area (Å²) in [5.41, 5.74) is 18.5. The van der Waals surface area contributed by atoms with E-state index in [2.05, 4.69) is 164 Å². The predicted octanol–water partition coefficient (Wildman–Crippen LogP) is 14.8. The molecule has 0 bridgehead atoms. The molecule has 2 aliphatic rings. The van der Waals surface area contributed by atoms with Crippen LogP contribution in [0.2, 0.25) is 0 Å². The zero-order valence-corrected chi connectivity index (χ0v) is 33.4. The van der Waals surface area contributed by atoms with Gasteiger partial charge in [0.05, 0.1) is 0 Å². The third-order valence-corrected chi connectivity index (χ3v) is 12.8. The molecule has 3 nitrogen and oxygen atoms in total. The Labute approximate surface area is 352 Å². The lowest BCUT2D eigenvalue weighted by Gasteiger charge is -2.36. The number of benzene rings is 8. The molecule has 0 saturated heterocycles. The van der Waals surface area contributed by atoms with Gasteiger partial charge in [-0.2, -0.15) is 0 Å². The minimum atomic E-state index is 0.160. The lowest BCUT2D eigenvalue weighted by atomic mass is 9.68. The minimum Gasteiger partial charge on any atom is -0.208 e. The van der Waals surface area contributed by atoms with Crippen LogP contribution in [0.25, 0.3) is 89.8 Å². The third-order valence-electron chi connectivity index (χ3n) is 12.8. The van der Waals surface area contributed by atoms with Gasteiger partial charge in [-0.1, -0.05) is 207 Å². The minimum absolute atomic E-state index is 0.160. The summed E-state index contributed by atoms with van der Waals surface area (Å²) >= 11 is 0. The number of rotatable bonds is 7. The molecule has 0 N–H and O–H groups in total. The highest BCUT2D eigenvalue weighted by molar-refractivity contribution is 5.93. The van der Waals surface area contributed by atoms with Crippen molar-refractivity contribution in [2.45, 2.75) is 37.5 Å². The Balaban J connectivity index is 0.893. The largest absolute Gasteiger partial charge is 0.208 e. The molecule has 0 radical (unpaired) electrons. The molecule has 1 aromatic heterocycles. The van der Waals surface area contributed by atoms with Gasteiger partial charge in [-0.25, -0.2) is 15.0 Å². The van der Waals surface area contributed by atoms with E-state index in [1.54, 1.807) is 0 Å². The number of hydrogen-bond donors (Lipinski definition) is 0. The monoisotopic (exact) mass is 769 g/mol. The van der Waals surface area contributed by atoms with Crippen molar-refractivity contribution < 1.29 is 0 Å². The summed E-state index contributed by atoms with van der Waals surface area (Å²) in [5.74, 6) is 1.94. The summed E-state index contributed by atoms with van der Waals surface area (Å²) in [6.45, 7) is 0. The van der Waals surface area contributed by atoms with Crippen LogP contribution in [0.1, 0.15) is 43.2 Å². The number of aromatic nitrogens is 3. The molecule has 11 rings (SSSR count). The van der Waals surface area contributed by atoms with E-state index >= 15 is 0 Å². The van der Waals surface area contributed by atoms with Crippen LogP contribution in [0, 0.1) is 0 Å². The zero-order valence-electron chi connectivity index (χ0n) is 33.4. The highest BCUT2D eigenvalue weighted by Gasteiger charge is 2.44. The zero-order chi connectivity index (χ0) is 39.9. The third kappa shape index (κ3) is 6.44. The SMILES string of the molecule is c1ccc(-c2cccc(-c3nc(-c4ccccc4)nc(-c4ccc(-c5cccc(-c6ccc(-c7cccc8c7-c7ccccc7C87CCCCC7)cc6)c5)cc4)n3)c2)cc1. The van der Waals surface area contributed by atoms with E-state index in [-0.39, 0.29) is 5.41 Å². The highest BCUT2D eigenvalue weighted by atomic mass is 15.0.